The zero-order valence-electron chi connectivity index (χ0n) is 7.85. The molecule has 76 valence electrons. The molecule has 0 unspecified atom stereocenters. The number of rotatable bonds is 5. The van der Waals surface area contributed by atoms with Gasteiger partial charge in [0, 0.05) is 0 Å². The van der Waals surface area contributed by atoms with Crippen molar-refractivity contribution in [2.75, 3.05) is 6.61 Å². The number of benzene rings is 1. The lowest BCUT2D eigenvalue weighted by Crippen LogP contribution is -2.40. The van der Waals surface area contributed by atoms with E-state index in [0.717, 1.165) is 5.56 Å². The van der Waals surface area contributed by atoms with E-state index in [2.05, 4.69) is 0 Å². The molecule has 0 aromatic heterocycles. The van der Waals surface area contributed by atoms with Gasteiger partial charge in [0.25, 0.3) is 0 Å². The average molecular weight is 194 g/mol. The van der Waals surface area contributed by atoms with E-state index in [-0.39, 0.29) is 6.61 Å². The van der Waals surface area contributed by atoms with E-state index in [1.165, 1.54) is 0 Å². The minimum absolute atomic E-state index is 0.157. The molecule has 4 heteroatoms. The zero-order chi connectivity index (χ0) is 10.4. The van der Waals surface area contributed by atoms with Crippen LogP contribution in [0.1, 0.15) is 5.56 Å². The van der Waals surface area contributed by atoms with Crippen LogP contribution in [0.5, 0.6) is 0 Å². The highest BCUT2D eigenvalue weighted by Gasteiger charge is 2.08. The third-order valence-corrected chi connectivity index (χ3v) is 1.77. The number of hydrogen-bond donors (Lipinski definition) is 2. The first kappa shape index (κ1) is 10.7. The number of ether oxygens (including phenoxy) is 1. The molecule has 0 heterocycles. The summed E-state index contributed by atoms with van der Waals surface area (Å²) in [7, 11) is 0. The fraction of sp³-hybridized carbons (Fsp3) is 0.300. The molecular weight excluding hydrogens is 180 g/mol. The van der Waals surface area contributed by atoms with Gasteiger partial charge in [0.05, 0.1) is 13.2 Å². The topological polar surface area (TPSA) is 78.3 Å². The summed E-state index contributed by atoms with van der Waals surface area (Å²) < 4.78 is 5.22. The molecule has 4 N–H and O–H groups in total. The summed E-state index contributed by atoms with van der Waals surface area (Å²) in [4.78, 5) is 10.6. The first-order valence-corrected chi connectivity index (χ1v) is 4.36. The van der Waals surface area contributed by atoms with E-state index in [4.69, 9.17) is 16.2 Å². The summed E-state index contributed by atoms with van der Waals surface area (Å²) in [5, 5.41) is 0. The Hall–Kier alpha value is -1.39. The van der Waals surface area contributed by atoms with Gasteiger partial charge in [-0.1, -0.05) is 30.3 Å². The SMILES string of the molecule is NC(=O)[C@@H](N)COCc1ccccc1. The molecule has 1 rings (SSSR count). The van der Waals surface area contributed by atoms with Gasteiger partial charge < -0.3 is 16.2 Å². The normalized spacial score (nSPS) is 12.4. The highest BCUT2D eigenvalue weighted by atomic mass is 16.5. The maximum atomic E-state index is 10.6. The standard InChI is InChI=1S/C10H14N2O2/c11-9(10(12)13)7-14-6-8-4-2-1-3-5-8/h1-5,9H,6-7,11H2,(H2,12,13)/t9-/m0/s1. The molecule has 0 aliphatic carbocycles. The number of primary amides is 1. The Kier molecular flexibility index (Phi) is 4.10. The molecule has 0 bridgehead atoms. The number of carbonyl (C=O) groups excluding carboxylic acids is 1. The molecule has 1 aromatic rings. The molecule has 0 aliphatic rings. The van der Waals surface area contributed by atoms with Crippen molar-refractivity contribution in [1.82, 2.24) is 0 Å². The molecule has 14 heavy (non-hydrogen) atoms. The second-order valence-electron chi connectivity index (χ2n) is 3.01. The van der Waals surface area contributed by atoms with Crippen LogP contribution in [-0.2, 0) is 16.1 Å². The summed E-state index contributed by atoms with van der Waals surface area (Å²) in [6.07, 6.45) is 0. The minimum Gasteiger partial charge on any atom is -0.375 e. The molecule has 1 amide bonds. The number of carbonyl (C=O) groups is 1. The van der Waals surface area contributed by atoms with Crippen LogP contribution in [0.15, 0.2) is 30.3 Å². The number of hydrogen-bond acceptors (Lipinski definition) is 3. The smallest absolute Gasteiger partial charge is 0.236 e. The van der Waals surface area contributed by atoms with Crippen LogP contribution in [0.4, 0.5) is 0 Å². The summed E-state index contributed by atoms with van der Waals surface area (Å²) in [5.74, 6) is -0.543. The molecule has 1 atom stereocenters. The largest absolute Gasteiger partial charge is 0.375 e. The molecule has 1 aromatic carbocycles. The van der Waals surface area contributed by atoms with Crippen LogP contribution in [0.3, 0.4) is 0 Å². The molecule has 0 fully saturated rings. The second-order valence-corrected chi connectivity index (χ2v) is 3.01. The zero-order valence-corrected chi connectivity index (χ0v) is 7.85. The molecule has 0 aliphatic heterocycles. The average Bonchev–Trinajstić information content (AvgIpc) is 2.19. The van der Waals surface area contributed by atoms with Crippen molar-refractivity contribution in [2.45, 2.75) is 12.6 Å². The summed E-state index contributed by atoms with van der Waals surface area (Å²) >= 11 is 0. The van der Waals surface area contributed by atoms with Gasteiger partial charge in [-0.2, -0.15) is 0 Å². The van der Waals surface area contributed by atoms with Crippen LogP contribution in [-0.4, -0.2) is 18.6 Å². The van der Waals surface area contributed by atoms with E-state index >= 15 is 0 Å². The Labute approximate surface area is 82.8 Å². The summed E-state index contributed by atoms with van der Waals surface area (Å²) in [6.45, 7) is 0.603. The first-order valence-electron chi connectivity index (χ1n) is 4.36. The first-order chi connectivity index (χ1) is 6.70. The van der Waals surface area contributed by atoms with Gasteiger partial charge in [0.1, 0.15) is 6.04 Å². The van der Waals surface area contributed by atoms with Crippen molar-refractivity contribution in [2.24, 2.45) is 11.5 Å². The van der Waals surface area contributed by atoms with E-state index in [1.54, 1.807) is 0 Å². The van der Waals surface area contributed by atoms with Gasteiger partial charge in [-0.25, -0.2) is 0 Å². The van der Waals surface area contributed by atoms with E-state index in [1.807, 2.05) is 30.3 Å². The van der Waals surface area contributed by atoms with Crippen molar-refractivity contribution < 1.29 is 9.53 Å². The van der Waals surface area contributed by atoms with Gasteiger partial charge in [-0.05, 0) is 5.56 Å². The maximum absolute atomic E-state index is 10.6. The van der Waals surface area contributed by atoms with Crippen LogP contribution in [0, 0.1) is 0 Å². The van der Waals surface area contributed by atoms with Gasteiger partial charge >= 0.3 is 0 Å². The van der Waals surface area contributed by atoms with Gasteiger partial charge in [-0.3, -0.25) is 4.79 Å². The third kappa shape index (κ3) is 3.55. The van der Waals surface area contributed by atoms with Gasteiger partial charge in [0.15, 0.2) is 0 Å². The maximum Gasteiger partial charge on any atom is 0.236 e. The Balaban J connectivity index is 2.26. The van der Waals surface area contributed by atoms with E-state index in [0.29, 0.717) is 6.61 Å². The molecular formula is C10H14N2O2. The molecule has 0 saturated carbocycles. The molecule has 4 nitrogen and oxygen atoms in total. The van der Waals surface area contributed by atoms with Crippen LogP contribution in [0.25, 0.3) is 0 Å². The predicted molar refractivity (Wildman–Crippen MR) is 53.3 cm³/mol. The fourth-order valence-electron chi connectivity index (χ4n) is 0.960. The van der Waals surface area contributed by atoms with Crippen molar-refractivity contribution in [3.8, 4) is 0 Å². The Morgan fingerprint density at radius 2 is 2.00 bits per heavy atom. The lowest BCUT2D eigenvalue weighted by molar-refractivity contribution is -0.120. The highest BCUT2D eigenvalue weighted by molar-refractivity contribution is 5.79. The van der Waals surface area contributed by atoms with Crippen molar-refractivity contribution in [3.63, 3.8) is 0 Å². The Morgan fingerprint density at radius 3 is 2.57 bits per heavy atom. The molecule has 0 spiro atoms. The fourth-order valence-corrected chi connectivity index (χ4v) is 0.960. The predicted octanol–water partition coefficient (Wildman–Crippen LogP) is 0.0158. The Morgan fingerprint density at radius 1 is 1.36 bits per heavy atom. The van der Waals surface area contributed by atoms with E-state index < -0.39 is 11.9 Å². The Bertz CT molecular complexity index is 287. The lowest BCUT2D eigenvalue weighted by atomic mass is 10.2. The summed E-state index contributed by atoms with van der Waals surface area (Å²) in [5.41, 5.74) is 11.4. The quantitative estimate of drug-likeness (QED) is 0.693. The third-order valence-electron chi connectivity index (χ3n) is 1.77. The number of amides is 1. The van der Waals surface area contributed by atoms with Crippen molar-refractivity contribution in [3.05, 3.63) is 35.9 Å². The molecule has 0 radical (unpaired) electrons. The van der Waals surface area contributed by atoms with Crippen molar-refractivity contribution >= 4 is 5.91 Å². The molecule has 0 saturated heterocycles. The van der Waals surface area contributed by atoms with Crippen molar-refractivity contribution in [1.29, 1.82) is 0 Å². The highest BCUT2D eigenvalue weighted by Crippen LogP contribution is 2.00. The van der Waals surface area contributed by atoms with Crippen LogP contribution in [0.2, 0.25) is 0 Å². The van der Waals surface area contributed by atoms with Gasteiger partial charge in [0.2, 0.25) is 5.91 Å². The minimum atomic E-state index is -0.723. The number of nitrogens with two attached hydrogens (primary N) is 2. The lowest BCUT2D eigenvalue weighted by Gasteiger charge is -2.08. The second kappa shape index (κ2) is 5.36. The monoisotopic (exact) mass is 194 g/mol. The van der Waals surface area contributed by atoms with Crippen LogP contribution >= 0.6 is 0 Å². The van der Waals surface area contributed by atoms with E-state index in [9.17, 15) is 4.79 Å². The summed E-state index contributed by atoms with van der Waals surface area (Å²) in [6, 6.07) is 8.93. The van der Waals surface area contributed by atoms with Crippen LogP contribution < -0.4 is 11.5 Å². The van der Waals surface area contributed by atoms with Gasteiger partial charge in [-0.15, -0.1) is 0 Å².